The van der Waals surface area contributed by atoms with Crippen molar-refractivity contribution in [3.63, 3.8) is 0 Å². The molecule has 2 rings (SSSR count). The van der Waals surface area contributed by atoms with E-state index < -0.39 is 5.92 Å². The van der Waals surface area contributed by atoms with Crippen molar-refractivity contribution in [1.82, 2.24) is 20.6 Å². The van der Waals surface area contributed by atoms with Gasteiger partial charge in [-0.1, -0.05) is 5.10 Å². The summed E-state index contributed by atoms with van der Waals surface area (Å²) in [6, 6.07) is 0. The van der Waals surface area contributed by atoms with Crippen LogP contribution in [0.2, 0.25) is 0 Å². The number of nitrogens with one attached hydrogen (secondary N) is 1. The van der Waals surface area contributed by atoms with Gasteiger partial charge in [0.25, 0.3) is 11.9 Å². The number of hydrogen-bond donors (Lipinski definition) is 1. The standard InChI is InChI=1S/C6H9F2N5/c7-6(8)2-1-3-13(4-6)5-9-11-12-10-5/h1-4H2,(H,9,10,11,12). The third-order valence-corrected chi connectivity index (χ3v) is 2.01. The fraction of sp³-hybridized carbons (Fsp3) is 0.833. The third kappa shape index (κ3) is 1.73. The lowest BCUT2D eigenvalue weighted by Crippen LogP contribution is -2.43. The highest BCUT2D eigenvalue weighted by Gasteiger charge is 2.36. The second-order valence-corrected chi connectivity index (χ2v) is 3.09. The summed E-state index contributed by atoms with van der Waals surface area (Å²) in [4.78, 5) is 1.44. The Morgan fingerprint density at radius 3 is 2.92 bits per heavy atom. The van der Waals surface area contributed by atoms with Gasteiger partial charge < -0.3 is 4.90 Å². The number of H-pyrrole nitrogens is 1. The average Bonchev–Trinajstić information content (AvgIpc) is 2.53. The maximum atomic E-state index is 12.9. The summed E-state index contributed by atoms with van der Waals surface area (Å²) < 4.78 is 25.8. The molecule has 2 heterocycles. The van der Waals surface area contributed by atoms with Crippen LogP contribution < -0.4 is 4.90 Å². The zero-order valence-electron chi connectivity index (χ0n) is 6.87. The van der Waals surface area contributed by atoms with Crippen LogP contribution in [-0.2, 0) is 0 Å². The van der Waals surface area contributed by atoms with Crippen LogP contribution in [-0.4, -0.2) is 39.6 Å². The van der Waals surface area contributed by atoms with E-state index in [1.165, 1.54) is 4.90 Å². The van der Waals surface area contributed by atoms with Crippen molar-refractivity contribution < 1.29 is 8.78 Å². The molecule has 0 saturated carbocycles. The molecule has 1 aliphatic heterocycles. The lowest BCUT2D eigenvalue weighted by atomic mass is 10.1. The predicted octanol–water partition coefficient (Wildman–Crippen LogP) is 0.435. The molecule has 5 nitrogen and oxygen atoms in total. The van der Waals surface area contributed by atoms with E-state index in [0.717, 1.165) is 0 Å². The molecule has 0 radical (unpaired) electrons. The highest BCUT2D eigenvalue weighted by Crippen LogP contribution is 2.27. The molecule has 0 spiro atoms. The lowest BCUT2D eigenvalue weighted by molar-refractivity contribution is -0.0120. The van der Waals surface area contributed by atoms with Crippen LogP contribution in [0.1, 0.15) is 12.8 Å². The van der Waals surface area contributed by atoms with Gasteiger partial charge in [-0.25, -0.2) is 8.78 Å². The number of aromatic nitrogens is 4. The van der Waals surface area contributed by atoms with Crippen LogP contribution in [0, 0.1) is 0 Å². The molecule has 1 fully saturated rings. The summed E-state index contributed by atoms with van der Waals surface area (Å²) in [6.45, 7) is 0.252. The number of nitrogens with zero attached hydrogens (tertiary/aromatic N) is 4. The number of alkyl halides is 2. The van der Waals surface area contributed by atoms with Crippen molar-refractivity contribution in [3.8, 4) is 0 Å². The van der Waals surface area contributed by atoms with Gasteiger partial charge in [-0.05, 0) is 11.6 Å². The molecule has 72 valence electrons. The molecular weight excluding hydrogens is 180 g/mol. The largest absolute Gasteiger partial charge is 0.332 e. The minimum atomic E-state index is -2.63. The van der Waals surface area contributed by atoms with Crippen LogP contribution >= 0.6 is 0 Å². The highest BCUT2D eigenvalue weighted by atomic mass is 19.3. The number of piperidine rings is 1. The van der Waals surface area contributed by atoms with Gasteiger partial charge >= 0.3 is 0 Å². The summed E-state index contributed by atoms with van der Waals surface area (Å²) in [6.07, 6.45) is 0.406. The highest BCUT2D eigenvalue weighted by molar-refractivity contribution is 5.27. The minimum Gasteiger partial charge on any atom is -0.332 e. The van der Waals surface area contributed by atoms with Crippen LogP contribution in [0.4, 0.5) is 14.7 Å². The van der Waals surface area contributed by atoms with Crippen molar-refractivity contribution in [2.75, 3.05) is 18.0 Å². The number of anilines is 1. The number of rotatable bonds is 1. The van der Waals surface area contributed by atoms with E-state index in [0.29, 0.717) is 13.0 Å². The molecular formula is C6H9F2N5. The SMILES string of the molecule is FC1(F)CCCN(c2nn[nH]n2)C1. The molecule has 1 saturated heterocycles. The van der Waals surface area contributed by atoms with E-state index in [1.54, 1.807) is 0 Å². The first-order valence-electron chi connectivity index (χ1n) is 4.04. The molecule has 0 atom stereocenters. The molecule has 1 aliphatic rings. The van der Waals surface area contributed by atoms with Crippen molar-refractivity contribution in [2.24, 2.45) is 0 Å². The predicted molar refractivity (Wildman–Crippen MR) is 40.6 cm³/mol. The van der Waals surface area contributed by atoms with Crippen molar-refractivity contribution in [1.29, 1.82) is 0 Å². The molecule has 0 amide bonds. The fourth-order valence-corrected chi connectivity index (χ4v) is 1.43. The minimum absolute atomic E-state index is 0.0542. The first-order chi connectivity index (χ1) is 6.17. The van der Waals surface area contributed by atoms with Gasteiger partial charge in [0.1, 0.15) is 0 Å². The topological polar surface area (TPSA) is 57.7 Å². The molecule has 0 aromatic carbocycles. The van der Waals surface area contributed by atoms with Gasteiger partial charge in [-0.2, -0.15) is 5.21 Å². The molecule has 7 heteroatoms. The molecule has 1 aromatic heterocycles. The maximum absolute atomic E-state index is 12.9. The van der Waals surface area contributed by atoms with Crippen molar-refractivity contribution >= 4 is 5.95 Å². The summed E-state index contributed by atoms with van der Waals surface area (Å²) >= 11 is 0. The Hall–Kier alpha value is -1.27. The summed E-state index contributed by atoms with van der Waals surface area (Å²) in [5, 5.41) is 12.9. The van der Waals surface area contributed by atoms with E-state index >= 15 is 0 Å². The Bertz CT molecular complexity index is 273. The van der Waals surface area contributed by atoms with E-state index in [-0.39, 0.29) is 18.9 Å². The number of aromatic amines is 1. The average molecular weight is 189 g/mol. The first kappa shape index (κ1) is 8.33. The van der Waals surface area contributed by atoms with Crippen LogP contribution in [0.5, 0.6) is 0 Å². The maximum Gasteiger partial charge on any atom is 0.265 e. The molecule has 0 bridgehead atoms. The second-order valence-electron chi connectivity index (χ2n) is 3.09. The van der Waals surface area contributed by atoms with Gasteiger partial charge in [0.2, 0.25) is 0 Å². The Balaban J connectivity index is 2.09. The molecule has 1 aromatic rings. The van der Waals surface area contributed by atoms with Crippen LogP contribution in [0.25, 0.3) is 0 Å². The number of halogens is 2. The van der Waals surface area contributed by atoms with Gasteiger partial charge in [0, 0.05) is 13.0 Å². The Labute approximate surface area is 73.1 Å². The van der Waals surface area contributed by atoms with Gasteiger partial charge in [-0.15, -0.1) is 5.10 Å². The normalized spacial score (nSPS) is 21.8. The van der Waals surface area contributed by atoms with Crippen molar-refractivity contribution in [2.45, 2.75) is 18.8 Å². The van der Waals surface area contributed by atoms with E-state index in [9.17, 15) is 8.78 Å². The first-order valence-corrected chi connectivity index (χ1v) is 4.04. The van der Waals surface area contributed by atoms with Gasteiger partial charge in [0.05, 0.1) is 6.54 Å². The quantitative estimate of drug-likeness (QED) is 0.696. The smallest absolute Gasteiger partial charge is 0.265 e. The fourth-order valence-electron chi connectivity index (χ4n) is 1.43. The number of tetrazole rings is 1. The summed E-state index contributed by atoms with van der Waals surface area (Å²) in [7, 11) is 0. The van der Waals surface area contributed by atoms with Gasteiger partial charge in [-0.3, -0.25) is 0 Å². The second kappa shape index (κ2) is 2.90. The van der Waals surface area contributed by atoms with Crippen LogP contribution in [0.3, 0.4) is 0 Å². The van der Waals surface area contributed by atoms with Crippen LogP contribution in [0.15, 0.2) is 0 Å². The van der Waals surface area contributed by atoms with Gasteiger partial charge in [0.15, 0.2) is 0 Å². The summed E-state index contributed by atoms with van der Waals surface area (Å²) in [5.74, 6) is -2.38. The number of hydrogen-bond acceptors (Lipinski definition) is 4. The zero-order chi connectivity index (χ0) is 9.31. The molecule has 0 unspecified atom stereocenters. The van der Waals surface area contributed by atoms with Crippen molar-refractivity contribution in [3.05, 3.63) is 0 Å². The Kier molecular flexibility index (Phi) is 1.86. The zero-order valence-corrected chi connectivity index (χ0v) is 6.87. The Morgan fingerprint density at radius 2 is 2.31 bits per heavy atom. The molecule has 1 N–H and O–H groups in total. The summed E-state index contributed by atoms with van der Waals surface area (Å²) in [5.41, 5.74) is 0. The van der Waals surface area contributed by atoms with E-state index in [4.69, 9.17) is 0 Å². The van der Waals surface area contributed by atoms with E-state index in [2.05, 4.69) is 20.6 Å². The Morgan fingerprint density at radius 1 is 1.46 bits per heavy atom. The molecule has 0 aliphatic carbocycles. The molecule has 13 heavy (non-hydrogen) atoms. The lowest BCUT2D eigenvalue weighted by Gasteiger charge is -2.31. The monoisotopic (exact) mass is 189 g/mol. The third-order valence-electron chi connectivity index (χ3n) is 2.01. The van der Waals surface area contributed by atoms with E-state index in [1.807, 2.05) is 0 Å².